The molecule has 0 saturated carbocycles. The summed E-state index contributed by atoms with van der Waals surface area (Å²) in [5.41, 5.74) is 0. The Morgan fingerprint density at radius 1 is 1.73 bits per heavy atom. The summed E-state index contributed by atoms with van der Waals surface area (Å²) in [7, 11) is 1.61. The van der Waals surface area contributed by atoms with Gasteiger partial charge < -0.3 is 10.2 Å². The Kier molecular flexibility index (Phi) is 2.46. The highest BCUT2D eigenvalue weighted by Gasteiger charge is 2.26. The molecule has 1 radical (unpaired) electrons. The van der Waals surface area contributed by atoms with Gasteiger partial charge in [-0.15, -0.1) is 0 Å². The van der Waals surface area contributed by atoms with Crippen LogP contribution in [0.4, 0.5) is 0 Å². The largest absolute Gasteiger partial charge is 0.359 e. The van der Waals surface area contributed by atoms with E-state index in [1.165, 1.54) is 4.90 Å². The molecule has 4 nitrogen and oxygen atoms in total. The number of rotatable bonds is 2. The van der Waals surface area contributed by atoms with Gasteiger partial charge in [0.2, 0.25) is 5.91 Å². The van der Waals surface area contributed by atoms with Crippen molar-refractivity contribution in [2.24, 2.45) is 5.92 Å². The van der Waals surface area contributed by atoms with Gasteiger partial charge in [0.15, 0.2) is 0 Å². The van der Waals surface area contributed by atoms with Crippen LogP contribution in [0.15, 0.2) is 0 Å². The lowest BCUT2D eigenvalue weighted by molar-refractivity contribution is -0.124. The van der Waals surface area contributed by atoms with E-state index in [0.29, 0.717) is 13.1 Å². The molecule has 1 atom stereocenters. The monoisotopic (exact) mass is 155 g/mol. The Morgan fingerprint density at radius 2 is 2.45 bits per heavy atom. The molecule has 1 aliphatic heterocycles. The zero-order valence-corrected chi connectivity index (χ0v) is 6.46. The van der Waals surface area contributed by atoms with E-state index < -0.39 is 0 Å². The van der Waals surface area contributed by atoms with Gasteiger partial charge in [-0.2, -0.15) is 0 Å². The zero-order chi connectivity index (χ0) is 8.27. The van der Waals surface area contributed by atoms with Crippen LogP contribution in [0.25, 0.3) is 0 Å². The van der Waals surface area contributed by atoms with Crippen molar-refractivity contribution >= 4 is 12.3 Å². The van der Waals surface area contributed by atoms with Gasteiger partial charge in [0.05, 0.1) is 5.92 Å². The molecule has 1 saturated heterocycles. The molecular weight excluding hydrogens is 144 g/mol. The fourth-order valence-corrected chi connectivity index (χ4v) is 1.26. The summed E-state index contributed by atoms with van der Waals surface area (Å²) >= 11 is 0. The van der Waals surface area contributed by atoms with Gasteiger partial charge in [0.1, 0.15) is 0 Å². The molecule has 0 aromatic heterocycles. The lowest BCUT2D eigenvalue weighted by atomic mass is 10.1. The standard InChI is InChI=1S/C7H11N2O2/c1-8-7(11)6-2-3-9(4-6)5-10/h6H,2-4H2,1H3,(H,8,11). The number of carbonyl (C=O) groups excluding carboxylic acids is 2. The maximum Gasteiger partial charge on any atom is 0.312 e. The van der Waals surface area contributed by atoms with Crippen LogP contribution in [0.1, 0.15) is 6.42 Å². The third-order valence-corrected chi connectivity index (χ3v) is 1.93. The van der Waals surface area contributed by atoms with Crippen molar-refractivity contribution in [1.82, 2.24) is 10.2 Å². The smallest absolute Gasteiger partial charge is 0.312 e. The number of hydrogen-bond acceptors (Lipinski definition) is 2. The number of carbonyl (C=O) groups is 1. The second-order valence-corrected chi connectivity index (χ2v) is 2.64. The second kappa shape index (κ2) is 3.37. The van der Waals surface area contributed by atoms with Crippen molar-refractivity contribution in [2.45, 2.75) is 6.42 Å². The van der Waals surface area contributed by atoms with Crippen molar-refractivity contribution < 1.29 is 9.59 Å². The molecule has 2 amide bonds. The van der Waals surface area contributed by atoms with Crippen LogP contribution < -0.4 is 5.32 Å². The van der Waals surface area contributed by atoms with Crippen LogP contribution in [0.3, 0.4) is 0 Å². The predicted octanol–water partition coefficient (Wildman–Crippen LogP) is -0.878. The highest BCUT2D eigenvalue weighted by atomic mass is 16.2. The summed E-state index contributed by atoms with van der Waals surface area (Å²) in [6.07, 6.45) is 2.54. The molecule has 1 heterocycles. The summed E-state index contributed by atoms with van der Waals surface area (Å²) in [4.78, 5) is 22.6. The fraction of sp³-hybridized carbons (Fsp3) is 0.714. The van der Waals surface area contributed by atoms with Crippen molar-refractivity contribution in [3.8, 4) is 0 Å². The van der Waals surface area contributed by atoms with E-state index in [2.05, 4.69) is 5.32 Å². The first kappa shape index (κ1) is 8.04. The number of nitrogens with zero attached hydrogens (tertiary/aromatic N) is 1. The molecule has 61 valence electrons. The Bertz CT molecular complexity index is 170. The molecule has 1 fully saturated rings. The molecule has 4 heteroatoms. The minimum atomic E-state index is -0.0264. The van der Waals surface area contributed by atoms with Crippen molar-refractivity contribution in [3.63, 3.8) is 0 Å². The second-order valence-electron chi connectivity index (χ2n) is 2.64. The number of hydrogen-bond donors (Lipinski definition) is 1. The molecule has 11 heavy (non-hydrogen) atoms. The van der Waals surface area contributed by atoms with Gasteiger partial charge >= 0.3 is 6.41 Å². The summed E-state index contributed by atoms with van der Waals surface area (Å²) in [6.45, 7) is 1.17. The van der Waals surface area contributed by atoms with Crippen LogP contribution in [0.5, 0.6) is 0 Å². The molecule has 0 spiro atoms. The molecule has 1 rings (SSSR count). The SMILES string of the molecule is CNC(=O)C1CCN([C]=O)C1. The van der Waals surface area contributed by atoms with Crippen molar-refractivity contribution in [1.29, 1.82) is 0 Å². The van der Waals surface area contributed by atoms with Gasteiger partial charge in [0.25, 0.3) is 0 Å². The first-order valence-electron chi connectivity index (χ1n) is 3.62. The van der Waals surface area contributed by atoms with E-state index in [1.54, 1.807) is 13.5 Å². The summed E-state index contributed by atoms with van der Waals surface area (Å²) in [5, 5.41) is 2.56. The van der Waals surface area contributed by atoms with E-state index in [-0.39, 0.29) is 11.8 Å². The van der Waals surface area contributed by atoms with E-state index in [1.807, 2.05) is 0 Å². The van der Waals surface area contributed by atoms with Crippen LogP contribution in [-0.2, 0) is 9.59 Å². The first-order valence-corrected chi connectivity index (χ1v) is 3.62. The normalized spacial score (nSPS) is 23.4. The average molecular weight is 155 g/mol. The van der Waals surface area contributed by atoms with Gasteiger partial charge in [-0.25, -0.2) is 0 Å². The highest BCUT2D eigenvalue weighted by Crippen LogP contribution is 2.13. The van der Waals surface area contributed by atoms with E-state index in [9.17, 15) is 9.59 Å². The minimum absolute atomic E-state index is 0.0164. The Hall–Kier alpha value is -1.06. The molecule has 0 aliphatic carbocycles. The van der Waals surface area contributed by atoms with Crippen LogP contribution >= 0.6 is 0 Å². The quantitative estimate of drug-likeness (QED) is 0.563. The Labute approximate surface area is 65.6 Å². The third kappa shape index (κ3) is 1.69. The van der Waals surface area contributed by atoms with Crippen LogP contribution in [0.2, 0.25) is 0 Å². The number of nitrogens with one attached hydrogen (secondary N) is 1. The summed E-state index contributed by atoms with van der Waals surface area (Å²) in [6, 6.07) is 0. The minimum Gasteiger partial charge on any atom is -0.359 e. The fourth-order valence-electron chi connectivity index (χ4n) is 1.26. The van der Waals surface area contributed by atoms with Crippen LogP contribution in [0, 0.1) is 5.92 Å². The predicted molar refractivity (Wildman–Crippen MR) is 39.4 cm³/mol. The zero-order valence-electron chi connectivity index (χ0n) is 6.46. The first-order chi connectivity index (χ1) is 5.27. The third-order valence-electron chi connectivity index (χ3n) is 1.93. The number of amides is 2. The van der Waals surface area contributed by atoms with Gasteiger partial charge in [-0.05, 0) is 6.42 Å². The maximum atomic E-state index is 11.0. The van der Waals surface area contributed by atoms with Gasteiger partial charge in [0, 0.05) is 20.1 Å². The average Bonchev–Trinajstić information content (AvgIpc) is 2.50. The number of likely N-dealkylation sites (tertiary alicyclic amines) is 1. The summed E-state index contributed by atoms with van der Waals surface area (Å²) in [5.74, 6) is -0.0100. The van der Waals surface area contributed by atoms with Crippen molar-refractivity contribution in [3.05, 3.63) is 0 Å². The van der Waals surface area contributed by atoms with Gasteiger partial charge in [-0.3, -0.25) is 9.59 Å². The Balaban J connectivity index is 2.41. The molecule has 1 aliphatic rings. The summed E-state index contributed by atoms with van der Waals surface area (Å²) < 4.78 is 0. The lowest BCUT2D eigenvalue weighted by Crippen LogP contribution is -2.29. The van der Waals surface area contributed by atoms with E-state index >= 15 is 0 Å². The topological polar surface area (TPSA) is 49.4 Å². The van der Waals surface area contributed by atoms with E-state index in [4.69, 9.17) is 0 Å². The maximum absolute atomic E-state index is 11.0. The molecule has 1 unspecified atom stereocenters. The molecule has 0 bridgehead atoms. The molecular formula is C7H11N2O2. The van der Waals surface area contributed by atoms with Crippen LogP contribution in [-0.4, -0.2) is 37.4 Å². The molecule has 0 aromatic rings. The van der Waals surface area contributed by atoms with Gasteiger partial charge in [-0.1, -0.05) is 0 Å². The molecule has 0 aromatic carbocycles. The van der Waals surface area contributed by atoms with E-state index in [0.717, 1.165) is 6.42 Å². The highest BCUT2D eigenvalue weighted by molar-refractivity contribution is 5.79. The Morgan fingerprint density at radius 3 is 2.91 bits per heavy atom. The molecule has 1 N–H and O–H groups in total. The lowest BCUT2D eigenvalue weighted by Gasteiger charge is -2.07. The van der Waals surface area contributed by atoms with Crippen molar-refractivity contribution in [2.75, 3.05) is 20.1 Å².